The molecule has 7 aliphatic heterocycles. The Morgan fingerprint density at radius 1 is 0.404 bits per heavy atom. The van der Waals surface area contributed by atoms with Gasteiger partial charge in [-0.05, 0) is 0 Å². The second-order valence-corrected chi connectivity index (χ2v) is 24.7. The zero-order valence-corrected chi connectivity index (χ0v) is 52.7. The van der Waals surface area contributed by atoms with Crippen molar-refractivity contribution in [3.05, 3.63) is 0 Å². The molecule has 7 aliphatic rings. The molecule has 7 saturated heterocycles. The highest BCUT2D eigenvalue weighted by molar-refractivity contribution is 5.77. The Morgan fingerprint density at radius 3 is 1.19 bits per heavy atom. The number of carboxylic acids is 2. The van der Waals surface area contributed by atoms with Crippen molar-refractivity contribution in [1.82, 2.24) is 16.0 Å². The van der Waals surface area contributed by atoms with Gasteiger partial charge in [0, 0.05) is 33.6 Å². The summed E-state index contributed by atoms with van der Waals surface area (Å²) in [6.45, 7) is -5.64. The Kier molecular flexibility index (Phi) is 28.8. The van der Waals surface area contributed by atoms with Gasteiger partial charge in [-0.1, -0.05) is 0 Å². The average molecular weight is 1450 g/mol. The first-order chi connectivity index (χ1) is 46.4. The summed E-state index contributed by atoms with van der Waals surface area (Å²) >= 11 is 0. The Bertz CT molecular complexity index is 2640. The normalized spacial score (nSPS) is 45.7. The molecule has 0 aromatic rings. The third-order valence-electron chi connectivity index (χ3n) is 17.7. The van der Waals surface area contributed by atoms with Crippen molar-refractivity contribution in [3.63, 3.8) is 0 Å². The number of carbonyl (C=O) groups excluding carboxylic acids is 3. The second kappa shape index (κ2) is 34.7. The van der Waals surface area contributed by atoms with Crippen LogP contribution >= 0.6 is 0 Å². The zero-order chi connectivity index (χ0) is 73.8. The van der Waals surface area contributed by atoms with Crippen molar-refractivity contribution in [2.24, 2.45) is 0 Å². The summed E-state index contributed by atoms with van der Waals surface area (Å²) < 4.78 is 74.5. The number of carbonyl (C=O) groups is 5. The summed E-state index contributed by atoms with van der Waals surface area (Å²) in [5.41, 5.74) is 0. The third-order valence-corrected chi connectivity index (χ3v) is 17.7. The van der Waals surface area contributed by atoms with E-state index in [2.05, 4.69) is 16.0 Å². The van der Waals surface area contributed by atoms with E-state index < -0.39 is 315 Å². The van der Waals surface area contributed by atoms with Gasteiger partial charge >= 0.3 is 11.9 Å². The first-order valence-corrected chi connectivity index (χ1v) is 30.9. The van der Waals surface area contributed by atoms with Crippen LogP contribution in [0.15, 0.2) is 0 Å². The number of ether oxygens (including phenoxy) is 13. The maximum atomic E-state index is 13.3. The van der Waals surface area contributed by atoms with E-state index in [1.54, 1.807) is 0 Å². The summed E-state index contributed by atoms with van der Waals surface area (Å²) in [7, 11) is 0. The predicted molar refractivity (Wildman–Crippen MR) is 301 cm³/mol. The molecule has 0 unspecified atom stereocenters. The minimum absolute atomic E-state index is 0.839. The SMILES string of the molecule is CC(=O)N[C@H]1[C@H](O[C@H]2[C@@H](O)[C@@H](CO)O[C@H](O[C@@H]3[C@H](O)[C@@H](O)[C@H](O[C@H]4[C@H](O)[C@@H](O)[C@H](O)O[C@@H]4CO)O[C@@H]3CO)[C@@H]2O)O[C@H](CO[C@]2(C(=O)O)C[C@H](O)[C@@H](NC(C)=O)[C@H]([C@H](O)[C@H](O)CO)O2)[C@H](O)[C@@H]1O[C@@H]1O[C@H](CO[C@]2(C(=O)O)C[C@H](O)[C@@H](NC(C)=O)[C@H]([C@H](O)[C@H](O)CO)O2)[C@H](O)[C@H](O)[C@H]1O. The minimum atomic E-state index is -3.24. The summed E-state index contributed by atoms with van der Waals surface area (Å²) in [5.74, 6) is -13.4. The van der Waals surface area contributed by atoms with E-state index >= 15 is 0 Å². The highest BCUT2D eigenvalue weighted by Crippen LogP contribution is 2.40. The second-order valence-electron chi connectivity index (χ2n) is 24.7. The number of nitrogens with one attached hydrogen (secondary N) is 3. The van der Waals surface area contributed by atoms with Crippen LogP contribution in [0.5, 0.6) is 0 Å². The topological polar surface area (TPSA) is 727 Å². The van der Waals surface area contributed by atoms with Gasteiger partial charge in [0.05, 0.1) is 70.5 Å². The van der Waals surface area contributed by atoms with E-state index in [1.165, 1.54) is 0 Å². The van der Waals surface area contributed by atoms with Crippen LogP contribution in [0, 0.1) is 0 Å². The Hall–Kier alpha value is -4.05. The zero-order valence-electron chi connectivity index (χ0n) is 52.7. The van der Waals surface area contributed by atoms with Crippen LogP contribution in [-0.4, -0.2) is 424 Å². The van der Waals surface area contributed by atoms with Crippen molar-refractivity contribution in [1.29, 1.82) is 0 Å². The monoisotopic (exact) mass is 1450 g/mol. The highest BCUT2D eigenvalue weighted by Gasteiger charge is 2.62. The maximum absolute atomic E-state index is 13.3. The van der Waals surface area contributed by atoms with Crippen LogP contribution in [0.2, 0.25) is 0 Å². The standard InChI is InChI=1S/C54H89N3O42/c1-13(63)55-25-16(66)4-53(51(83)84,98-43(25)28(70)18(68)6-58)87-11-23-30(72)33(75)37(79)48(93-23)96-42-27(57-15(3)65)47(92-24(32(42)74)12-88-54(52(85)86)5-17(67)26(56-14(2)64)44(99-54)29(71)19(69)7-59)97-45-31(73)20(8-60)90-50(39(45)81)95-41-22(10-62)91-49(38(80)35(41)77)94-40-21(9-61)89-46(82)36(78)34(40)76/h16-50,58-62,66-82H,4-12H2,1-3H3,(H,55,63)(H,56,64)(H,57,65)(H,83,84)(H,85,86)/t16-,17-,18+,19+,20+,21+,22+,23+,24+,25+,26+,27+,28+,29+,30-,31-,32-,33-,34+,35+,36+,37+,38+,39+,40+,41-,42+,43+,44+,45-,46+,47-,48-,49-,50+,53+,54+/m0/s1. The number of hydrogen-bond acceptors (Lipinski definition) is 40. The molecule has 45 heteroatoms. The first-order valence-electron chi connectivity index (χ1n) is 30.9. The lowest BCUT2D eigenvalue weighted by atomic mass is 9.88. The van der Waals surface area contributed by atoms with Gasteiger partial charge in [-0.15, -0.1) is 0 Å². The lowest BCUT2D eigenvalue weighted by Gasteiger charge is -2.51. The number of amides is 3. The molecular weight excluding hydrogens is 1360 g/mol. The van der Waals surface area contributed by atoms with Gasteiger partial charge < -0.3 is 200 Å². The maximum Gasteiger partial charge on any atom is 0.364 e. The summed E-state index contributed by atoms with van der Waals surface area (Å²) in [6, 6.07) is -5.63. The van der Waals surface area contributed by atoms with E-state index in [0.717, 1.165) is 20.8 Å². The van der Waals surface area contributed by atoms with Crippen molar-refractivity contribution < 1.29 is 208 Å². The van der Waals surface area contributed by atoms with Crippen molar-refractivity contribution in [2.75, 3.05) is 46.2 Å². The number of aliphatic hydroxyl groups is 22. The Labute approximate surface area is 558 Å². The van der Waals surface area contributed by atoms with Crippen LogP contribution in [0.25, 0.3) is 0 Å². The number of aliphatic carboxylic acids is 2. The summed E-state index contributed by atoms with van der Waals surface area (Å²) in [6.07, 6.45) is -72.5. The van der Waals surface area contributed by atoms with Gasteiger partial charge in [-0.3, -0.25) is 14.4 Å². The van der Waals surface area contributed by atoms with Crippen LogP contribution < -0.4 is 16.0 Å². The quantitative estimate of drug-likeness (QED) is 0.0346. The highest BCUT2D eigenvalue weighted by atomic mass is 16.8. The molecule has 7 rings (SSSR count). The van der Waals surface area contributed by atoms with Crippen LogP contribution in [0.1, 0.15) is 33.6 Å². The molecule has 7 fully saturated rings. The number of carboxylic acid groups (broad SMARTS) is 2. The third kappa shape index (κ3) is 18.0. The number of aliphatic hydroxyl groups excluding tert-OH is 22. The predicted octanol–water partition coefficient (Wildman–Crippen LogP) is -17.4. The fraction of sp³-hybridized carbons (Fsp3) is 0.907. The van der Waals surface area contributed by atoms with Crippen LogP contribution in [-0.2, 0) is 85.6 Å². The molecule has 3 amide bonds. The molecule has 27 N–H and O–H groups in total. The van der Waals surface area contributed by atoms with Gasteiger partial charge in [0.25, 0.3) is 11.6 Å². The molecular formula is C54H89N3O42. The first kappa shape index (κ1) is 82.2. The molecule has 99 heavy (non-hydrogen) atoms. The van der Waals surface area contributed by atoms with Crippen molar-refractivity contribution in [2.45, 2.75) is 260 Å². The van der Waals surface area contributed by atoms with Crippen molar-refractivity contribution >= 4 is 29.7 Å². The minimum Gasteiger partial charge on any atom is -0.477 e. The molecule has 0 radical (unpaired) electrons. The lowest BCUT2D eigenvalue weighted by Crippen LogP contribution is -2.71. The molecule has 37 atom stereocenters. The van der Waals surface area contributed by atoms with Crippen molar-refractivity contribution in [3.8, 4) is 0 Å². The number of hydrogen-bond donors (Lipinski definition) is 27. The van der Waals surface area contributed by atoms with E-state index in [9.17, 15) is 147 Å². The molecule has 0 saturated carbocycles. The van der Waals surface area contributed by atoms with Gasteiger partial charge in [0.2, 0.25) is 17.7 Å². The van der Waals surface area contributed by atoms with Crippen LogP contribution in [0.4, 0.5) is 0 Å². The fourth-order valence-electron chi connectivity index (χ4n) is 12.4. The van der Waals surface area contributed by atoms with E-state index in [0.29, 0.717) is 0 Å². The Morgan fingerprint density at radius 2 is 0.758 bits per heavy atom. The smallest absolute Gasteiger partial charge is 0.364 e. The Balaban J connectivity index is 1.23. The van der Waals surface area contributed by atoms with E-state index in [4.69, 9.17) is 61.6 Å². The largest absolute Gasteiger partial charge is 0.477 e. The van der Waals surface area contributed by atoms with E-state index in [-0.39, 0.29) is 0 Å². The molecule has 7 heterocycles. The molecule has 0 aliphatic carbocycles. The lowest BCUT2D eigenvalue weighted by molar-refractivity contribution is -0.390. The number of rotatable bonds is 28. The van der Waals surface area contributed by atoms with Gasteiger partial charge in [0.15, 0.2) is 31.5 Å². The van der Waals surface area contributed by atoms with E-state index in [1.807, 2.05) is 0 Å². The molecule has 45 nitrogen and oxygen atoms in total. The summed E-state index contributed by atoms with van der Waals surface area (Å²) in [5, 5.41) is 268. The van der Waals surface area contributed by atoms with Gasteiger partial charge in [-0.25, -0.2) is 9.59 Å². The fourth-order valence-corrected chi connectivity index (χ4v) is 12.4. The van der Waals surface area contributed by atoms with Gasteiger partial charge in [0.1, 0.15) is 159 Å². The van der Waals surface area contributed by atoms with Crippen LogP contribution in [0.3, 0.4) is 0 Å². The summed E-state index contributed by atoms with van der Waals surface area (Å²) in [4.78, 5) is 64.1. The van der Waals surface area contributed by atoms with Gasteiger partial charge in [-0.2, -0.15) is 0 Å². The average Bonchev–Trinajstić information content (AvgIpc) is 0.773. The molecule has 572 valence electrons. The molecule has 0 spiro atoms. The molecule has 0 aromatic carbocycles. The molecule has 0 aromatic heterocycles. The molecule has 0 bridgehead atoms.